The average Bonchev–Trinajstić information content (AvgIpc) is 2.41. The Balaban J connectivity index is 2.70. The molecule has 0 unspecified atom stereocenters. The first-order chi connectivity index (χ1) is 9.58. The monoisotopic (exact) mass is 279 g/mol. The fourth-order valence-electron chi connectivity index (χ4n) is 1.81. The predicted molar refractivity (Wildman–Crippen MR) is 77.7 cm³/mol. The Kier molecular flexibility index (Phi) is 6.52. The summed E-state index contributed by atoms with van der Waals surface area (Å²) in [6.07, 6.45) is -0.0561. The van der Waals surface area contributed by atoms with Gasteiger partial charge in [0.2, 0.25) is 0 Å². The van der Waals surface area contributed by atoms with E-state index in [9.17, 15) is 9.59 Å². The molecule has 0 saturated heterocycles. The van der Waals surface area contributed by atoms with E-state index in [1.165, 1.54) is 4.90 Å². The minimum Gasteiger partial charge on any atom is -0.481 e. The summed E-state index contributed by atoms with van der Waals surface area (Å²) >= 11 is 0. The van der Waals surface area contributed by atoms with Gasteiger partial charge in [-0.3, -0.25) is 4.79 Å². The first-order valence-electron chi connectivity index (χ1n) is 6.58. The number of carbonyl (C=O) groups excluding carboxylic acids is 1. The molecule has 0 aliphatic carbocycles. The molecule has 0 aliphatic rings. The third-order valence-electron chi connectivity index (χ3n) is 2.89. The molecule has 1 aromatic carbocycles. The van der Waals surface area contributed by atoms with Crippen LogP contribution in [0.2, 0.25) is 0 Å². The van der Waals surface area contributed by atoms with Crippen LogP contribution in [-0.2, 0) is 11.3 Å². The number of carboxylic acid groups (broad SMARTS) is 1. The highest BCUT2D eigenvalue weighted by Gasteiger charge is 2.14. The van der Waals surface area contributed by atoms with Gasteiger partial charge in [-0.25, -0.2) is 4.79 Å². The topological polar surface area (TPSA) is 81.7 Å². The third kappa shape index (κ3) is 4.89. The number of nitrogens with zero attached hydrogens (tertiary/aromatic N) is 1. The molecule has 3 N–H and O–H groups in total. The molecule has 110 valence electrons. The normalized spacial score (nSPS) is 10.1. The summed E-state index contributed by atoms with van der Waals surface area (Å²) < 4.78 is 0. The van der Waals surface area contributed by atoms with Crippen LogP contribution in [0, 0.1) is 0 Å². The van der Waals surface area contributed by atoms with Gasteiger partial charge in [-0.2, -0.15) is 0 Å². The molecule has 0 radical (unpaired) electrons. The summed E-state index contributed by atoms with van der Waals surface area (Å²) in [5.41, 5.74) is 1.72. The van der Waals surface area contributed by atoms with Crippen LogP contribution in [0.3, 0.4) is 0 Å². The van der Waals surface area contributed by atoms with Crippen molar-refractivity contribution in [2.75, 3.05) is 25.5 Å². The lowest BCUT2D eigenvalue weighted by Crippen LogP contribution is -2.36. The van der Waals surface area contributed by atoms with Crippen molar-refractivity contribution in [2.45, 2.75) is 19.9 Å². The smallest absolute Gasteiger partial charge is 0.321 e. The number of urea groups is 1. The summed E-state index contributed by atoms with van der Waals surface area (Å²) in [7, 11) is 1.84. The van der Waals surface area contributed by atoms with E-state index < -0.39 is 5.97 Å². The quantitative estimate of drug-likeness (QED) is 0.710. The predicted octanol–water partition coefficient (Wildman–Crippen LogP) is 1.73. The van der Waals surface area contributed by atoms with E-state index >= 15 is 0 Å². The zero-order valence-electron chi connectivity index (χ0n) is 11.8. The van der Waals surface area contributed by atoms with Crippen LogP contribution in [-0.4, -0.2) is 42.1 Å². The Morgan fingerprint density at radius 2 is 2.00 bits per heavy atom. The number of benzene rings is 1. The molecule has 1 rings (SSSR count). The molecule has 0 fully saturated rings. The largest absolute Gasteiger partial charge is 0.481 e. The molecule has 1 aromatic rings. The van der Waals surface area contributed by atoms with Crippen molar-refractivity contribution >= 4 is 17.7 Å². The minimum absolute atomic E-state index is 0.0561. The summed E-state index contributed by atoms with van der Waals surface area (Å²) in [6, 6.07) is 7.24. The van der Waals surface area contributed by atoms with Crippen molar-refractivity contribution in [3.8, 4) is 0 Å². The van der Waals surface area contributed by atoms with Crippen molar-refractivity contribution in [3.05, 3.63) is 29.8 Å². The zero-order chi connectivity index (χ0) is 15.0. The third-order valence-corrected chi connectivity index (χ3v) is 2.89. The molecule has 0 bridgehead atoms. The van der Waals surface area contributed by atoms with E-state index in [0.29, 0.717) is 13.1 Å². The number of amides is 2. The molecule has 0 heterocycles. The average molecular weight is 279 g/mol. The van der Waals surface area contributed by atoms with Gasteiger partial charge in [0, 0.05) is 25.3 Å². The minimum atomic E-state index is -0.910. The molecule has 0 aliphatic heterocycles. The van der Waals surface area contributed by atoms with Gasteiger partial charge >= 0.3 is 12.0 Å². The van der Waals surface area contributed by atoms with Crippen LogP contribution in [0.4, 0.5) is 10.5 Å². The number of hydrogen-bond acceptors (Lipinski definition) is 3. The van der Waals surface area contributed by atoms with Crippen LogP contribution in [0.25, 0.3) is 0 Å². The lowest BCUT2D eigenvalue weighted by molar-refractivity contribution is -0.137. The highest BCUT2D eigenvalue weighted by molar-refractivity contribution is 5.90. The second kappa shape index (κ2) is 8.16. The second-order valence-electron chi connectivity index (χ2n) is 4.34. The van der Waals surface area contributed by atoms with Gasteiger partial charge in [0.15, 0.2) is 0 Å². The van der Waals surface area contributed by atoms with Crippen LogP contribution in [0.15, 0.2) is 24.3 Å². The lowest BCUT2D eigenvalue weighted by Gasteiger charge is -2.21. The highest BCUT2D eigenvalue weighted by Crippen LogP contribution is 2.15. The van der Waals surface area contributed by atoms with E-state index in [1.807, 2.05) is 38.2 Å². The molecule has 6 heteroatoms. The van der Waals surface area contributed by atoms with Crippen LogP contribution < -0.4 is 10.6 Å². The fraction of sp³-hybridized carbons (Fsp3) is 0.429. The number of anilines is 1. The molecule has 6 nitrogen and oxygen atoms in total. The maximum atomic E-state index is 12.1. The highest BCUT2D eigenvalue weighted by atomic mass is 16.4. The number of rotatable bonds is 7. The van der Waals surface area contributed by atoms with Gasteiger partial charge in [-0.1, -0.05) is 18.2 Å². The molecule has 0 atom stereocenters. The zero-order valence-corrected chi connectivity index (χ0v) is 11.8. The SMILES string of the molecule is CCN(CCC(=O)O)C(=O)Nc1ccccc1CNC. The summed E-state index contributed by atoms with van der Waals surface area (Å²) in [5, 5.41) is 14.5. The number of hydrogen-bond donors (Lipinski definition) is 3. The van der Waals surface area contributed by atoms with E-state index in [1.54, 1.807) is 0 Å². The first kappa shape index (κ1) is 16.0. The van der Waals surface area contributed by atoms with Gasteiger partial charge in [0.1, 0.15) is 0 Å². The van der Waals surface area contributed by atoms with E-state index in [2.05, 4.69) is 10.6 Å². The van der Waals surface area contributed by atoms with E-state index in [-0.39, 0.29) is 19.0 Å². The van der Waals surface area contributed by atoms with Gasteiger partial charge in [0.05, 0.1) is 6.42 Å². The Labute approximate surface area is 118 Å². The van der Waals surface area contributed by atoms with E-state index in [4.69, 9.17) is 5.11 Å². The van der Waals surface area contributed by atoms with Gasteiger partial charge in [0.25, 0.3) is 0 Å². The summed E-state index contributed by atoms with van der Waals surface area (Å²) in [5.74, 6) is -0.910. The van der Waals surface area contributed by atoms with Crippen molar-refractivity contribution < 1.29 is 14.7 Å². The molecule has 0 aromatic heterocycles. The van der Waals surface area contributed by atoms with Crippen molar-refractivity contribution in [1.82, 2.24) is 10.2 Å². The number of aliphatic carboxylic acids is 1. The number of para-hydroxylation sites is 1. The maximum Gasteiger partial charge on any atom is 0.321 e. The maximum absolute atomic E-state index is 12.1. The Morgan fingerprint density at radius 1 is 1.30 bits per heavy atom. The van der Waals surface area contributed by atoms with Gasteiger partial charge in [-0.15, -0.1) is 0 Å². The number of carboxylic acids is 1. The summed E-state index contributed by atoms with van der Waals surface area (Å²) in [4.78, 5) is 24.2. The Hall–Kier alpha value is -2.08. The molecule has 0 spiro atoms. The molecular formula is C14H21N3O3. The lowest BCUT2D eigenvalue weighted by atomic mass is 10.2. The summed E-state index contributed by atoms with van der Waals surface area (Å²) in [6.45, 7) is 3.14. The molecule has 2 amide bonds. The fourth-order valence-corrected chi connectivity index (χ4v) is 1.81. The van der Waals surface area contributed by atoms with Crippen molar-refractivity contribution in [2.24, 2.45) is 0 Å². The number of carbonyl (C=O) groups is 2. The molecular weight excluding hydrogens is 258 g/mol. The standard InChI is InChI=1S/C14H21N3O3/c1-3-17(9-8-13(18)19)14(20)16-12-7-5-4-6-11(12)10-15-2/h4-7,15H,3,8-10H2,1-2H3,(H,16,20)(H,18,19). The van der Waals surface area contributed by atoms with E-state index in [0.717, 1.165) is 11.3 Å². The van der Waals surface area contributed by atoms with Crippen LogP contribution in [0.5, 0.6) is 0 Å². The number of nitrogens with one attached hydrogen (secondary N) is 2. The van der Waals surface area contributed by atoms with Crippen LogP contribution >= 0.6 is 0 Å². The Bertz CT molecular complexity index is 463. The first-order valence-corrected chi connectivity index (χ1v) is 6.58. The Morgan fingerprint density at radius 3 is 2.60 bits per heavy atom. The van der Waals surface area contributed by atoms with Gasteiger partial charge in [-0.05, 0) is 25.6 Å². The molecule has 0 saturated carbocycles. The van der Waals surface area contributed by atoms with Crippen LogP contribution in [0.1, 0.15) is 18.9 Å². The van der Waals surface area contributed by atoms with Crippen molar-refractivity contribution in [1.29, 1.82) is 0 Å². The molecule has 20 heavy (non-hydrogen) atoms. The van der Waals surface area contributed by atoms with Gasteiger partial charge < -0.3 is 20.6 Å². The second-order valence-corrected chi connectivity index (χ2v) is 4.34. The van der Waals surface area contributed by atoms with Crippen molar-refractivity contribution in [3.63, 3.8) is 0 Å².